The standard InChI is InChI=1S/C17H23N3/c1-12-6-5-9-20(13(12)2)17-10-14(11-18)19-16-8-4-3-7-15(16)17/h3-4,7-8,10,12-13H,5-6,9,11,18H2,1-2H3. The molecule has 2 heterocycles. The molecule has 1 aromatic carbocycles. The van der Waals surface area contributed by atoms with E-state index in [0.717, 1.165) is 23.7 Å². The molecule has 20 heavy (non-hydrogen) atoms. The molecule has 0 saturated carbocycles. The molecule has 0 amide bonds. The van der Waals surface area contributed by atoms with Crippen molar-refractivity contribution in [3.05, 3.63) is 36.0 Å². The summed E-state index contributed by atoms with van der Waals surface area (Å²) in [5, 5.41) is 1.24. The molecule has 3 nitrogen and oxygen atoms in total. The van der Waals surface area contributed by atoms with Crippen LogP contribution in [0.15, 0.2) is 30.3 Å². The van der Waals surface area contributed by atoms with Crippen molar-refractivity contribution >= 4 is 16.6 Å². The fraction of sp³-hybridized carbons (Fsp3) is 0.471. The number of nitrogens with zero attached hydrogens (tertiary/aromatic N) is 2. The summed E-state index contributed by atoms with van der Waals surface area (Å²) >= 11 is 0. The van der Waals surface area contributed by atoms with Crippen molar-refractivity contribution in [2.75, 3.05) is 11.4 Å². The highest BCUT2D eigenvalue weighted by Crippen LogP contribution is 2.33. The highest BCUT2D eigenvalue weighted by atomic mass is 15.2. The van der Waals surface area contributed by atoms with Gasteiger partial charge in [-0.05, 0) is 37.8 Å². The predicted octanol–water partition coefficient (Wildman–Crippen LogP) is 3.32. The van der Waals surface area contributed by atoms with Gasteiger partial charge in [-0.1, -0.05) is 25.1 Å². The van der Waals surface area contributed by atoms with Gasteiger partial charge in [0, 0.05) is 30.2 Å². The van der Waals surface area contributed by atoms with Crippen LogP contribution in [0, 0.1) is 5.92 Å². The molecule has 1 aliphatic heterocycles. The van der Waals surface area contributed by atoms with Gasteiger partial charge in [0.25, 0.3) is 0 Å². The van der Waals surface area contributed by atoms with Crippen LogP contribution in [-0.4, -0.2) is 17.6 Å². The summed E-state index contributed by atoms with van der Waals surface area (Å²) in [6.45, 7) is 6.31. The molecule has 3 rings (SSSR count). The molecule has 1 fully saturated rings. The number of fused-ring (bicyclic) bond motifs is 1. The van der Waals surface area contributed by atoms with Crippen LogP contribution in [0.5, 0.6) is 0 Å². The second-order valence-electron chi connectivity index (χ2n) is 5.91. The fourth-order valence-corrected chi connectivity index (χ4v) is 3.23. The van der Waals surface area contributed by atoms with E-state index in [4.69, 9.17) is 5.73 Å². The van der Waals surface area contributed by atoms with Crippen molar-refractivity contribution in [2.45, 2.75) is 39.3 Å². The minimum atomic E-state index is 0.496. The molecule has 1 aromatic heterocycles. The maximum absolute atomic E-state index is 5.82. The number of para-hydroxylation sites is 1. The Morgan fingerprint density at radius 1 is 1.30 bits per heavy atom. The lowest BCUT2D eigenvalue weighted by Crippen LogP contribution is -2.42. The third kappa shape index (κ3) is 2.27. The van der Waals surface area contributed by atoms with Gasteiger partial charge < -0.3 is 10.6 Å². The Morgan fingerprint density at radius 3 is 2.90 bits per heavy atom. The minimum absolute atomic E-state index is 0.496. The predicted molar refractivity (Wildman–Crippen MR) is 84.8 cm³/mol. The van der Waals surface area contributed by atoms with E-state index in [-0.39, 0.29) is 0 Å². The first kappa shape index (κ1) is 13.4. The zero-order valence-electron chi connectivity index (χ0n) is 12.3. The maximum Gasteiger partial charge on any atom is 0.0726 e. The lowest BCUT2D eigenvalue weighted by atomic mass is 9.91. The number of anilines is 1. The average molecular weight is 269 g/mol. The maximum atomic E-state index is 5.82. The first-order valence-electron chi connectivity index (χ1n) is 7.56. The van der Waals surface area contributed by atoms with Gasteiger partial charge in [0.15, 0.2) is 0 Å². The Kier molecular flexibility index (Phi) is 3.62. The van der Waals surface area contributed by atoms with Gasteiger partial charge in [-0.2, -0.15) is 0 Å². The second-order valence-corrected chi connectivity index (χ2v) is 5.91. The number of aromatic nitrogens is 1. The van der Waals surface area contributed by atoms with Crippen molar-refractivity contribution in [3.63, 3.8) is 0 Å². The van der Waals surface area contributed by atoms with Crippen molar-refractivity contribution in [1.29, 1.82) is 0 Å². The second kappa shape index (κ2) is 5.41. The Labute approximate surface area is 120 Å². The van der Waals surface area contributed by atoms with Crippen molar-refractivity contribution in [3.8, 4) is 0 Å². The molecule has 0 aliphatic carbocycles. The summed E-state index contributed by atoms with van der Waals surface area (Å²) in [6.07, 6.45) is 2.59. The molecule has 2 unspecified atom stereocenters. The molecule has 2 N–H and O–H groups in total. The van der Waals surface area contributed by atoms with Gasteiger partial charge in [0.05, 0.1) is 11.2 Å². The molecule has 1 aliphatic rings. The fourth-order valence-electron chi connectivity index (χ4n) is 3.23. The molecule has 2 atom stereocenters. The third-order valence-electron chi connectivity index (χ3n) is 4.64. The first-order chi connectivity index (χ1) is 9.70. The summed E-state index contributed by atoms with van der Waals surface area (Å²) in [6, 6.07) is 11.1. The van der Waals surface area contributed by atoms with E-state index in [0.29, 0.717) is 12.6 Å². The molecule has 1 saturated heterocycles. The number of pyridine rings is 1. The van der Waals surface area contributed by atoms with Crippen LogP contribution in [0.3, 0.4) is 0 Å². The Hall–Kier alpha value is -1.61. The van der Waals surface area contributed by atoms with E-state index >= 15 is 0 Å². The molecule has 0 radical (unpaired) electrons. The zero-order chi connectivity index (χ0) is 14.1. The normalized spacial score (nSPS) is 23.2. The topological polar surface area (TPSA) is 42.1 Å². The Morgan fingerprint density at radius 2 is 2.10 bits per heavy atom. The van der Waals surface area contributed by atoms with Gasteiger partial charge in [-0.25, -0.2) is 0 Å². The van der Waals surface area contributed by atoms with Gasteiger partial charge in [-0.3, -0.25) is 4.98 Å². The van der Waals surface area contributed by atoms with Crippen LogP contribution < -0.4 is 10.6 Å². The number of rotatable bonds is 2. The van der Waals surface area contributed by atoms with Crippen LogP contribution in [-0.2, 0) is 6.54 Å². The summed E-state index contributed by atoms with van der Waals surface area (Å²) in [4.78, 5) is 7.18. The number of hydrogen-bond acceptors (Lipinski definition) is 3. The molecule has 3 heteroatoms. The highest BCUT2D eigenvalue weighted by molar-refractivity contribution is 5.92. The molecule has 2 aromatic rings. The van der Waals surface area contributed by atoms with Crippen LogP contribution in [0.2, 0.25) is 0 Å². The van der Waals surface area contributed by atoms with Crippen molar-refractivity contribution in [2.24, 2.45) is 11.7 Å². The molecule has 0 spiro atoms. The van der Waals surface area contributed by atoms with E-state index in [2.05, 4.69) is 48.0 Å². The van der Waals surface area contributed by atoms with E-state index in [9.17, 15) is 0 Å². The summed E-state index contributed by atoms with van der Waals surface area (Å²) in [5.74, 6) is 0.733. The number of nitrogens with two attached hydrogens (primary N) is 1. The Bertz CT molecular complexity index is 608. The summed E-state index contributed by atoms with van der Waals surface area (Å²) in [7, 11) is 0. The van der Waals surface area contributed by atoms with E-state index in [1.165, 1.54) is 23.9 Å². The van der Waals surface area contributed by atoms with Crippen LogP contribution in [0.1, 0.15) is 32.4 Å². The van der Waals surface area contributed by atoms with Gasteiger partial charge in [0.1, 0.15) is 0 Å². The van der Waals surface area contributed by atoms with Crippen molar-refractivity contribution < 1.29 is 0 Å². The lowest BCUT2D eigenvalue weighted by Gasteiger charge is -2.40. The average Bonchev–Trinajstić information content (AvgIpc) is 2.49. The summed E-state index contributed by atoms with van der Waals surface area (Å²) < 4.78 is 0. The number of hydrogen-bond donors (Lipinski definition) is 1. The third-order valence-corrected chi connectivity index (χ3v) is 4.64. The lowest BCUT2D eigenvalue weighted by molar-refractivity contribution is 0.364. The van der Waals surface area contributed by atoms with E-state index in [1.807, 2.05) is 6.07 Å². The molecule has 0 bridgehead atoms. The van der Waals surface area contributed by atoms with Crippen LogP contribution in [0.25, 0.3) is 10.9 Å². The van der Waals surface area contributed by atoms with Crippen LogP contribution >= 0.6 is 0 Å². The van der Waals surface area contributed by atoms with Gasteiger partial charge >= 0.3 is 0 Å². The van der Waals surface area contributed by atoms with Gasteiger partial charge in [-0.15, -0.1) is 0 Å². The quantitative estimate of drug-likeness (QED) is 0.909. The summed E-state index contributed by atoms with van der Waals surface area (Å²) in [5.41, 5.74) is 9.15. The first-order valence-corrected chi connectivity index (χ1v) is 7.56. The minimum Gasteiger partial charge on any atom is -0.368 e. The number of piperidine rings is 1. The van der Waals surface area contributed by atoms with Crippen molar-refractivity contribution in [1.82, 2.24) is 4.98 Å². The van der Waals surface area contributed by atoms with Crippen LogP contribution in [0.4, 0.5) is 5.69 Å². The van der Waals surface area contributed by atoms with E-state index in [1.54, 1.807) is 0 Å². The monoisotopic (exact) mass is 269 g/mol. The largest absolute Gasteiger partial charge is 0.368 e. The molecular weight excluding hydrogens is 246 g/mol. The smallest absolute Gasteiger partial charge is 0.0726 e. The highest BCUT2D eigenvalue weighted by Gasteiger charge is 2.26. The SMILES string of the molecule is CC1CCCN(c2cc(CN)nc3ccccc23)C1C. The van der Waals surface area contributed by atoms with E-state index < -0.39 is 0 Å². The Balaban J connectivity index is 2.13. The molecular formula is C17H23N3. The van der Waals surface area contributed by atoms with Gasteiger partial charge in [0.2, 0.25) is 0 Å². The number of benzene rings is 1. The molecule has 106 valence electrons. The zero-order valence-corrected chi connectivity index (χ0v) is 12.3.